The molecule has 2 amide bonds. The number of nitrogens with one attached hydrogen (secondary N) is 1. The fourth-order valence-corrected chi connectivity index (χ4v) is 3.19. The van der Waals surface area contributed by atoms with Crippen molar-refractivity contribution in [3.05, 3.63) is 54.1 Å². The fourth-order valence-electron chi connectivity index (χ4n) is 2.67. The lowest BCUT2D eigenvalue weighted by Gasteiger charge is -2.16. The molecule has 1 unspecified atom stereocenters. The van der Waals surface area contributed by atoms with Crippen molar-refractivity contribution in [1.82, 2.24) is 0 Å². The molecule has 1 heterocycles. The van der Waals surface area contributed by atoms with E-state index in [-0.39, 0.29) is 11.8 Å². The minimum Gasteiger partial charge on any atom is -0.322 e. The van der Waals surface area contributed by atoms with Crippen LogP contribution in [0.15, 0.2) is 53.4 Å². The minimum atomic E-state index is -1.07. The highest BCUT2D eigenvalue weighted by Crippen LogP contribution is 2.24. The van der Waals surface area contributed by atoms with Gasteiger partial charge < -0.3 is 10.2 Å². The first-order valence-electron chi connectivity index (χ1n) is 7.70. The summed E-state index contributed by atoms with van der Waals surface area (Å²) in [4.78, 5) is 26.6. The first kappa shape index (κ1) is 16.4. The smallest absolute Gasteiger partial charge is 0.255 e. The topological polar surface area (TPSA) is 66.5 Å². The van der Waals surface area contributed by atoms with E-state index in [1.807, 2.05) is 12.1 Å². The molecule has 24 heavy (non-hydrogen) atoms. The molecule has 1 N–H and O–H groups in total. The van der Waals surface area contributed by atoms with Gasteiger partial charge in [0.1, 0.15) is 0 Å². The number of rotatable bonds is 4. The molecule has 0 radical (unpaired) electrons. The van der Waals surface area contributed by atoms with Crippen molar-refractivity contribution in [2.45, 2.75) is 17.7 Å². The van der Waals surface area contributed by atoms with Crippen molar-refractivity contribution < 1.29 is 13.8 Å². The molecule has 124 valence electrons. The van der Waals surface area contributed by atoms with E-state index in [2.05, 4.69) is 5.32 Å². The minimum absolute atomic E-state index is 0.113. The summed E-state index contributed by atoms with van der Waals surface area (Å²) < 4.78 is 11.4. The molecule has 1 atom stereocenters. The predicted octanol–water partition coefficient (Wildman–Crippen LogP) is 2.80. The van der Waals surface area contributed by atoms with Gasteiger partial charge in [-0.3, -0.25) is 13.8 Å². The van der Waals surface area contributed by atoms with Crippen molar-refractivity contribution in [1.29, 1.82) is 0 Å². The lowest BCUT2D eigenvalue weighted by Crippen LogP contribution is -2.23. The van der Waals surface area contributed by atoms with Gasteiger partial charge >= 0.3 is 0 Å². The van der Waals surface area contributed by atoms with Crippen LogP contribution in [-0.4, -0.2) is 28.8 Å². The summed E-state index contributed by atoms with van der Waals surface area (Å²) >= 11 is 0. The van der Waals surface area contributed by atoms with E-state index >= 15 is 0 Å². The Hall–Kier alpha value is -2.47. The highest BCUT2D eigenvalue weighted by Gasteiger charge is 2.21. The van der Waals surface area contributed by atoms with Crippen LogP contribution >= 0.6 is 0 Å². The van der Waals surface area contributed by atoms with Gasteiger partial charge in [-0.15, -0.1) is 0 Å². The van der Waals surface area contributed by atoms with Crippen LogP contribution in [0, 0.1) is 0 Å². The second-order valence-electron chi connectivity index (χ2n) is 5.63. The number of nitrogens with zero attached hydrogens (tertiary/aromatic N) is 1. The highest BCUT2D eigenvalue weighted by molar-refractivity contribution is 7.84. The average molecular weight is 342 g/mol. The van der Waals surface area contributed by atoms with Crippen LogP contribution in [0.25, 0.3) is 0 Å². The van der Waals surface area contributed by atoms with E-state index in [0.29, 0.717) is 29.1 Å². The summed E-state index contributed by atoms with van der Waals surface area (Å²) in [7, 11) is -1.07. The fraction of sp³-hybridized carbons (Fsp3) is 0.222. The van der Waals surface area contributed by atoms with Gasteiger partial charge in [0, 0.05) is 51.9 Å². The van der Waals surface area contributed by atoms with Crippen LogP contribution in [0.4, 0.5) is 11.4 Å². The monoisotopic (exact) mass is 342 g/mol. The Kier molecular flexibility index (Phi) is 4.76. The highest BCUT2D eigenvalue weighted by atomic mass is 32.2. The van der Waals surface area contributed by atoms with Gasteiger partial charge in [-0.05, 0) is 48.9 Å². The number of hydrogen-bond acceptors (Lipinski definition) is 3. The number of amides is 2. The van der Waals surface area contributed by atoms with E-state index in [4.69, 9.17) is 0 Å². The Morgan fingerprint density at radius 1 is 1.17 bits per heavy atom. The Bertz CT molecular complexity index is 802. The summed E-state index contributed by atoms with van der Waals surface area (Å²) in [5.41, 5.74) is 1.93. The molecule has 0 bridgehead atoms. The Morgan fingerprint density at radius 2 is 1.92 bits per heavy atom. The van der Waals surface area contributed by atoms with Crippen molar-refractivity contribution in [3.63, 3.8) is 0 Å². The molecule has 1 fully saturated rings. The SMILES string of the molecule is CS(=O)c1ccc(C(=O)Nc2cccc(N3CCCC3=O)c2)cc1. The van der Waals surface area contributed by atoms with Gasteiger partial charge in [0.25, 0.3) is 5.91 Å². The largest absolute Gasteiger partial charge is 0.322 e. The van der Waals surface area contributed by atoms with Crippen LogP contribution in [0.1, 0.15) is 23.2 Å². The third-order valence-electron chi connectivity index (χ3n) is 3.94. The zero-order valence-electron chi connectivity index (χ0n) is 13.3. The molecule has 0 spiro atoms. The van der Waals surface area contributed by atoms with Crippen LogP contribution < -0.4 is 10.2 Å². The van der Waals surface area contributed by atoms with E-state index in [1.54, 1.807) is 47.6 Å². The molecule has 0 aliphatic carbocycles. The molecule has 6 heteroatoms. The van der Waals surface area contributed by atoms with Crippen LogP contribution in [0.2, 0.25) is 0 Å². The third-order valence-corrected chi connectivity index (χ3v) is 4.87. The van der Waals surface area contributed by atoms with Gasteiger partial charge in [0.2, 0.25) is 5.91 Å². The standard InChI is InChI=1S/C18H18N2O3S/c1-24(23)16-9-7-13(8-10-16)18(22)19-14-4-2-5-15(12-14)20-11-3-6-17(20)21/h2,4-5,7-10,12H,3,6,11H2,1H3,(H,19,22). The molecule has 3 rings (SSSR count). The van der Waals surface area contributed by atoms with E-state index in [0.717, 1.165) is 12.1 Å². The lowest BCUT2D eigenvalue weighted by atomic mass is 10.2. The average Bonchev–Trinajstić information content (AvgIpc) is 3.01. The molecule has 0 saturated carbocycles. The van der Waals surface area contributed by atoms with Crippen LogP contribution in [0.5, 0.6) is 0 Å². The number of carbonyl (C=O) groups is 2. The zero-order valence-corrected chi connectivity index (χ0v) is 14.1. The molecular weight excluding hydrogens is 324 g/mol. The van der Waals surface area contributed by atoms with Crippen molar-refractivity contribution in [2.75, 3.05) is 23.0 Å². The van der Waals surface area contributed by atoms with E-state index in [1.165, 1.54) is 0 Å². The van der Waals surface area contributed by atoms with E-state index < -0.39 is 10.8 Å². The lowest BCUT2D eigenvalue weighted by molar-refractivity contribution is -0.117. The predicted molar refractivity (Wildman–Crippen MR) is 94.8 cm³/mol. The maximum absolute atomic E-state index is 12.3. The van der Waals surface area contributed by atoms with Crippen molar-refractivity contribution in [2.24, 2.45) is 0 Å². The molecular formula is C18H18N2O3S. The summed E-state index contributed by atoms with van der Waals surface area (Å²) in [5.74, 6) is -0.130. The van der Waals surface area contributed by atoms with E-state index in [9.17, 15) is 13.8 Å². The Balaban J connectivity index is 1.74. The number of benzene rings is 2. The van der Waals surface area contributed by atoms with Gasteiger partial charge in [-0.2, -0.15) is 0 Å². The Labute approximate surface area is 143 Å². The Morgan fingerprint density at radius 3 is 2.54 bits per heavy atom. The van der Waals surface area contributed by atoms with Gasteiger partial charge in [-0.25, -0.2) is 0 Å². The summed E-state index contributed by atoms with van der Waals surface area (Å²) in [6.07, 6.45) is 3.03. The molecule has 1 aliphatic heterocycles. The summed E-state index contributed by atoms with van der Waals surface area (Å²) in [6.45, 7) is 0.714. The maximum atomic E-state index is 12.3. The quantitative estimate of drug-likeness (QED) is 0.929. The zero-order chi connectivity index (χ0) is 17.1. The molecule has 0 aromatic heterocycles. The van der Waals surface area contributed by atoms with Crippen molar-refractivity contribution >= 4 is 34.0 Å². The molecule has 2 aromatic carbocycles. The molecule has 1 aliphatic rings. The van der Waals surface area contributed by atoms with Gasteiger partial charge in [-0.1, -0.05) is 6.07 Å². The maximum Gasteiger partial charge on any atom is 0.255 e. The van der Waals surface area contributed by atoms with Crippen LogP contribution in [0.3, 0.4) is 0 Å². The molecule has 2 aromatic rings. The summed E-state index contributed by atoms with van der Waals surface area (Å²) in [5, 5.41) is 2.83. The van der Waals surface area contributed by atoms with Crippen LogP contribution in [-0.2, 0) is 15.6 Å². The first-order valence-corrected chi connectivity index (χ1v) is 9.26. The summed E-state index contributed by atoms with van der Waals surface area (Å²) in [6, 6.07) is 14.0. The number of hydrogen-bond donors (Lipinski definition) is 1. The second-order valence-corrected chi connectivity index (χ2v) is 7.01. The van der Waals surface area contributed by atoms with Gasteiger partial charge in [0.05, 0.1) is 0 Å². The molecule has 5 nitrogen and oxygen atoms in total. The first-order chi connectivity index (χ1) is 11.5. The third kappa shape index (κ3) is 3.54. The van der Waals surface area contributed by atoms with Crippen molar-refractivity contribution in [3.8, 4) is 0 Å². The van der Waals surface area contributed by atoms with Gasteiger partial charge in [0.15, 0.2) is 0 Å². The second kappa shape index (κ2) is 6.97. The number of anilines is 2. The normalized spacial score (nSPS) is 15.4. The molecule has 1 saturated heterocycles. The number of carbonyl (C=O) groups excluding carboxylic acids is 2.